The molecule has 1 N–H and O–H groups in total. The highest BCUT2D eigenvalue weighted by atomic mass is 32.1. The van der Waals surface area contributed by atoms with Crippen LogP contribution in [0.3, 0.4) is 0 Å². The summed E-state index contributed by atoms with van der Waals surface area (Å²) in [4.78, 5) is 17.1. The molecule has 0 saturated heterocycles. The molecular weight excluding hydrogens is 270 g/mol. The van der Waals surface area contributed by atoms with Crippen LogP contribution < -0.4 is 0 Å². The smallest absolute Gasteiger partial charge is 0.242 e. The number of hydrogen-bond acceptors (Lipinski definition) is 2. The molecule has 2 aromatic rings. The SMILES string of the molecule is CCN(CC)C(=O)Cn1c(-c2ccccc2)c[nH]c1=S. The summed E-state index contributed by atoms with van der Waals surface area (Å²) in [6.45, 7) is 5.67. The molecule has 0 fully saturated rings. The molecule has 5 heteroatoms. The number of hydrogen-bond donors (Lipinski definition) is 1. The first-order chi connectivity index (χ1) is 9.67. The lowest BCUT2D eigenvalue weighted by Gasteiger charge is -2.19. The highest BCUT2D eigenvalue weighted by Gasteiger charge is 2.14. The van der Waals surface area contributed by atoms with Gasteiger partial charge >= 0.3 is 0 Å². The molecular formula is C15H19N3OS. The van der Waals surface area contributed by atoms with Crippen LogP contribution in [0.4, 0.5) is 0 Å². The average molecular weight is 289 g/mol. The number of imidazole rings is 1. The van der Waals surface area contributed by atoms with Crippen LogP contribution in [0, 0.1) is 4.77 Å². The monoisotopic (exact) mass is 289 g/mol. The molecule has 0 bridgehead atoms. The lowest BCUT2D eigenvalue weighted by Crippen LogP contribution is -2.33. The Morgan fingerprint density at radius 3 is 2.50 bits per heavy atom. The maximum absolute atomic E-state index is 12.3. The van der Waals surface area contributed by atoms with Gasteiger partial charge in [-0.1, -0.05) is 30.3 Å². The van der Waals surface area contributed by atoms with E-state index in [0.717, 1.165) is 11.3 Å². The number of carbonyl (C=O) groups is 1. The van der Waals surface area contributed by atoms with Crippen molar-refractivity contribution in [3.05, 3.63) is 41.3 Å². The number of likely N-dealkylation sites (N-methyl/N-ethyl adjacent to an activating group) is 1. The van der Waals surface area contributed by atoms with Gasteiger partial charge in [0.1, 0.15) is 6.54 Å². The number of benzene rings is 1. The molecule has 2 rings (SSSR count). The number of aromatic amines is 1. The zero-order valence-corrected chi connectivity index (χ0v) is 12.6. The van der Waals surface area contributed by atoms with Gasteiger partial charge in [-0.15, -0.1) is 0 Å². The first-order valence-corrected chi connectivity index (χ1v) is 7.19. The third-order valence-electron chi connectivity index (χ3n) is 3.35. The minimum atomic E-state index is 0.0860. The number of nitrogens with zero attached hydrogens (tertiary/aromatic N) is 2. The molecule has 1 amide bonds. The topological polar surface area (TPSA) is 41.0 Å². The number of carbonyl (C=O) groups excluding carboxylic acids is 1. The number of rotatable bonds is 5. The Labute approximate surface area is 124 Å². The summed E-state index contributed by atoms with van der Waals surface area (Å²) in [5.41, 5.74) is 1.99. The van der Waals surface area contributed by atoms with Gasteiger partial charge in [0, 0.05) is 19.3 Å². The van der Waals surface area contributed by atoms with Gasteiger partial charge in [0.05, 0.1) is 5.69 Å². The fraction of sp³-hybridized carbons (Fsp3) is 0.333. The first-order valence-electron chi connectivity index (χ1n) is 6.78. The average Bonchev–Trinajstić information content (AvgIpc) is 2.82. The van der Waals surface area contributed by atoms with E-state index < -0.39 is 0 Å². The van der Waals surface area contributed by atoms with Crippen LogP contribution in [0.1, 0.15) is 13.8 Å². The predicted molar refractivity (Wildman–Crippen MR) is 83.0 cm³/mol. The van der Waals surface area contributed by atoms with E-state index in [9.17, 15) is 4.79 Å². The molecule has 0 spiro atoms. The molecule has 1 aromatic heterocycles. The molecule has 20 heavy (non-hydrogen) atoms. The molecule has 0 unspecified atom stereocenters. The van der Waals surface area contributed by atoms with Crippen LogP contribution in [-0.4, -0.2) is 33.4 Å². The van der Waals surface area contributed by atoms with Gasteiger partial charge in [-0.3, -0.25) is 4.79 Å². The number of nitrogens with one attached hydrogen (secondary N) is 1. The number of aromatic nitrogens is 2. The summed E-state index contributed by atoms with van der Waals surface area (Å²) in [6.07, 6.45) is 1.85. The van der Waals surface area contributed by atoms with Crippen LogP contribution in [0.25, 0.3) is 11.3 Å². The Kier molecular flexibility index (Phi) is 4.74. The lowest BCUT2D eigenvalue weighted by atomic mass is 10.2. The Bertz CT molecular complexity index is 626. The van der Waals surface area contributed by atoms with Crippen LogP contribution >= 0.6 is 12.2 Å². The second-order valence-corrected chi connectivity index (χ2v) is 4.88. The van der Waals surface area contributed by atoms with Crippen molar-refractivity contribution < 1.29 is 4.79 Å². The summed E-state index contributed by atoms with van der Waals surface area (Å²) >= 11 is 5.29. The Morgan fingerprint density at radius 1 is 1.25 bits per heavy atom. The van der Waals surface area contributed by atoms with Crippen LogP contribution in [0.5, 0.6) is 0 Å². The van der Waals surface area contributed by atoms with Crippen molar-refractivity contribution in [1.82, 2.24) is 14.5 Å². The summed E-state index contributed by atoms with van der Waals surface area (Å²) in [5.74, 6) is 0.0860. The standard InChI is InChI=1S/C15H19N3OS/c1-3-17(4-2)14(19)11-18-13(10-16-15(18)20)12-8-6-5-7-9-12/h5-10H,3-4,11H2,1-2H3,(H,16,20). The largest absolute Gasteiger partial charge is 0.342 e. The van der Waals surface area contributed by atoms with E-state index in [1.165, 1.54) is 0 Å². The third kappa shape index (κ3) is 2.99. The zero-order chi connectivity index (χ0) is 14.5. The molecule has 0 aliphatic rings. The molecule has 0 radical (unpaired) electrons. The van der Waals surface area contributed by atoms with E-state index in [1.807, 2.05) is 59.8 Å². The van der Waals surface area contributed by atoms with E-state index in [1.54, 1.807) is 0 Å². The molecule has 0 atom stereocenters. The molecule has 4 nitrogen and oxygen atoms in total. The second-order valence-electron chi connectivity index (χ2n) is 4.50. The maximum atomic E-state index is 12.3. The Morgan fingerprint density at radius 2 is 1.90 bits per heavy atom. The van der Waals surface area contributed by atoms with Crippen molar-refractivity contribution in [3.8, 4) is 11.3 Å². The van der Waals surface area contributed by atoms with Gasteiger partial charge < -0.3 is 14.5 Å². The second kappa shape index (κ2) is 6.52. The first kappa shape index (κ1) is 14.5. The zero-order valence-electron chi connectivity index (χ0n) is 11.8. The van der Waals surface area contributed by atoms with Crippen molar-refractivity contribution in [2.75, 3.05) is 13.1 Å². The summed E-state index contributed by atoms with van der Waals surface area (Å²) in [6, 6.07) is 9.94. The van der Waals surface area contributed by atoms with Crippen molar-refractivity contribution >= 4 is 18.1 Å². The number of amides is 1. The molecule has 1 aromatic carbocycles. The highest BCUT2D eigenvalue weighted by molar-refractivity contribution is 7.71. The third-order valence-corrected chi connectivity index (χ3v) is 3.69. The van der Waals surface area contributed by atoms with Gasteiger partial charge in [-0.25, -0.2) is 0 Å². The summed E-state index contributed by atoms with van der Waals surface area (Å²) in [5, 5.41) is 0. The Balaban J connectivity index is 2.31. The van der Waals surface area contributed by atoms with Crippen LogP contribution in [0.2, 0.25) is 0 Å². The lowest BCUT2D eigenvalue weighted by molar-refractivity contribution is -0.131. The van der Waals surface area contributed by atoms with Gasteiger partial charge in [0.2, 0.25) is 5.91 Å². The fourth-order valence-corrected chi connectivity index (χ4v) is 2.43. The number of H-pyrrole nitrogens is 1. The van der Waals surface area contributed by atoms with E-state index in [4.69, 9.17) is 12.2 Å². The minimum absolute atomic E-state index is 0.0860. The van der Waals surface area contributed by atoms with Crippen LogP contribution in [0.15, 0.2) is 36.5 Å². The highest BCUT2D eigenvalue weighted by Crippen LogP contribution is 2.19. The van der Waals surface area contributed by atoms with Gasteiger partial charge in [-0.2, -0.15) is 0 Å². The maximum Gasteiger partial charge on any atom is 0.242 e. The molecule has 0 saturated carbocycles. The molecule has 0 aliphatic carbocycles. The van der Waals surface area contributed by atoms with E-state index >= 15 is 0 Å². The quantitative estimate of drug-likeness (QED) is 0.859. The van der Waals surface area contributed by atoms with Gasteiger partial charge in [-0.05, 0) is 31.6 Å². The van der Waals surface area contributed by atoms with Crippen molar-refractivity contribution in [2.45, 2.75) is 20.4 Å². The van der Waals surface area contributed by atoms with Gasteiger partial charge in [0.25, 0.3) is 0 Å². The Hall–Kier alpha value is -1.88. The van der Waals surface area contributed by atoms with E-state index in [-0.39, 0.29) is 12.5 Å². The molecule has 106 valence electrons. The summed E-state index contributed by atoms with van der Waals surface area (Å²) in [7, 11) is 0. The van der Waals surface area contributed by atoms with Gasteiger partial charge in [0.15, 0.2) is 4.77 Å². The molecule has 1 heterocycles. The molecule has 0 aliphatic heterocycles. The van der Waals surface area contributed by atoms with Crippen molar-refractivity contribution in [1.29, 1.82) is 0 Å². The fourth-order valence-electron chi connectivity index (χ4n) is 2.21. The van der Waals surface area contributed by atoms with Crippen LogP contribution in [-0.2, 0) is 11.3 Å². The van der Waals surface area contributed by atoms with E-state index in [0.29, 0.717) is 17.9 Å². The normalized spacial score (nSPS) is 10.5. The van der Waals surface area contributed by atoms with E-state index in [2.05, 4.69) is 4.98 Å². The summed E-state index contributed by atoms with van der Waals surface area (Å²) < 4.78 is 2.43. The predicted octanol–water partition coefficient (Wildman–Crippen LogP) is 3.08. The minimum Gasteiger partial charge on any atom is -0.342 e. The van der Waals surface area contributed by atoms with Crippen molar-refractivity contribution in [2.24, 2.45) is 0 Å². The van der Waals surface area contributed by atoms with Crippen molar-refractivity contribution in [3.63, 3.8) is 0 Å².